The molecule has 0 bridgehead atoms. The van der Waals surface area contributed by atoms with Gasteiger partial charge >= 0.3 is 0 Å². The maximum atomic E-state index is 12.4. The summed E-state index contributed by atoms with van der Waals surface area (Å²) in [5.41, 5.74) is -0.856. The van der Waals surface area contributed by atoms with Crippen LogP contribution in [0.25, 0.3) is 4.96 Å². The first-order valence-electron chi connectivity index (χ1n) is 7.57. The van der Waals surface area contributed by atoms with Gasteiger partial charge in [-0.25, -0.2) is 4.98 Å². The fraction of sp³-hybridized carbons (Fsp3) is 0.562. The number of amides is 1. The van der Waals surface area contributed by atoms with Gasteiger partial charge in [0.1, 0.15) is 5.56 Å². The highest BCUT2D eigenvalue weighted by Gasteiger charge is 2.31. The Hall–Kier alpha value is -1.73. The topological polar surface area (TPSA) is 83.7 Å². The van der Waals surface area contributed by atoms with E-state index < -0.39 is 17.4 Å². The van der Waals surface area contributed by atoms with Gasteiger partial charge in [0, 0.05) is 29.2 Å². The number of rotatable bonds is 5. The molecule has 0 radical (unpaired) electrons. The molecule has 2 heterocycles. The van der Waals surface area contributed by atoms with Crippen LogP contribution in [0.5, 0.6) is 0 Å². The van der Waals surface area contributed by atoms with Crippen LogP contribution < -0.4 is 10.9 Å². The molecule has 7 heteroatoms. The molecule has 0 saturated heterocycles. The van der Waals surface area contributed by atoms with Crippen molar-refractivity contribution in [2.45, 2.75) is 40.7 Å². The van der Waals surface area contributed by atoms with Crippen LogP contribution in [0.3, 0.4) is 0 Å². The van der Waals surface area contributed by atoms with Gasteiger partial charge in [0.2, 0.25) is 0 Å². The van der Waals surface area contributed by atoms with E-state index in [4.69, 9.17) is 0 Å². The van der Waals surface area contributed by atoms with Gasteiger partial charge in [-0.3, -0.25) is 14.0 Å². The van der Waals surface area contributed by atoms with Crippen LogP contribution in [0, 0.1) is 18.3 Å². The fourth-order valence-electron chi connectivity index (χ4n) is 2.56. The van der Waals surface area contributed by atoms with Crippen molar-refractivity contribution in [3.63, 3.8) is 0 Å². The van der Waals surface area contributed by atoms with Gasteiger partial charge in [-0.2, -0.15) is 0 Å². The molecule has 0 aliphatic rings. The summed E-state index contributed by atoms with van der Waals surface area (Å²) in [7, 11) is 0. The third-order valence-corrected chi connectivity index (χ3v) is 4.82. The normalized spacial score (nSPS) is 13.5. The van der Waals surface area contributed by atoms with Gasteiger partial charge in [-0.15, -0.1) is 11.3 Å². The number of fused-ring (bicyclic) bond motifs is 1. The van der Waals surface area contributed by atoms with E-state index >= 15 is 0 Å². The highest BCUT2D eigenvalue weighted by molar-refractivity contribution is 7.16. The van der Waals surface area contributed by atoms with Crippen molar-refractivity contribution < 1.29 is 9.90 Å². The second kappa shape index (κ2) is 6.41. The number of hydrogen-bond donors (Lipinski definition) is 2. The van der Waals surface area contributed by atoms with Gasteiger partial charge in [-0.1, -0.05) is 27.7 Å². The zero-order valence-electron chi connectivity index (χ0n) is 14.1. The number of hydrogen-bond acceptors (Lipinski definition) is 5. The summed E-state index contributed by atoms with van der Waals surface area (Å²) in [6, 6.07) is 0. The third kappa shape index (κ3) is 3.61. The number of aliphatic hydroxyl groups excluding tert-OH is 1. The van der Waals surface area contributed by atoms with E-state index in [-0.39, 0.29) is 23.6 Å². The summed E-state index contributed by atoms with van der Waals surface area (Å²) in [6.07, 6.45) is 2.44. The number of carbonyl (C=O) groups excluding carboxylic acids is 1. The van der Waals surface area contributed by atoms with Crippen LogP contribution in [-0.4, -0.2) is 33.0 Å². The average molecular weight is 337 g/mol. The van der Waals surface area contributed by atoms with Crippen LogP contribution in [0.4, 0.5) is 0 Å². The molecule has 0 aromatic carbocycles. The lowest BCUT2D eigenvalue weighted by molar-refractivity contribution is 0.0138. The van der Waals surface area contributed by atoms with E-state index in [9.17, 15) is 14.7 Å². The average Bonchev–Trinajstić information content (AvgIpc) is 2.86. The zero-order valence-corrected chi connectivity index (χ0v) is 14.9. The summed E-state index contributed by atoms with van der Waals surface area (Å²) >= 11 is 1.40. The third-order valence-electron chi connectivity index (χ3n) is 3.90. The number of aryl methyl sites for hydroxylation is 1. The maximum absolute atomic E-state index is 12.4. The standard InChI is InChI=1S/C16H23N3O3S/c1-9(2)12(20)16(4,5)8-18-13(21)11-6-17-15-19(14(11)22)7-10(3)23-15/h6-7,9,12,20H,8H2,1-5H3,(H,18,21). The first-order valence-corrected chi connectivity index (χ1v) is 8.39. The van der Waals surface area contributed by atoms with E-state index in [0.29, 0.717) is 4.96 Å². The van der Waals surface area contributed by atoms with Gasteiger partial charge in [-0.05, 0) is 12.8 Å². The molecule has 0 aliphatic carbocycles. The molecule has 0 fully saturated rings. The van der Waals surface area contributed by atoms with Crippen molar-refractivity contribution in [2.24, 2.45) is 11.3 Å². The molecule has 126 valence electrons. The minimum absolute atomic E-state index is 0.00939. The fourth-order valence-corrected chi connectivity index (χ4v) is 3.35. The summed E-state index contributed by atoms with van der Waals surface area (Å²) < 4.78 is 1.39. The number of thiazole rings is 1. The van der Waals surface area contributed by atoms with E-state index in [0.717, 1.165) is 4.88 Å². The molecule has 2 rings (SSSR count). The molecule has 0 aliphatic heterocycles. The van der Waals surface area contributed by atoms with Crippen molar-refractivity contribution in [3.05, 3.63) is 33.2 Å². The first-order chi connectivity index (χ1) is 10.6. The number of aliphatic hydroxyl groups is 1. The van der Waals surface area contributed by atoms with Gasteiger partial charge in [0.25, 0.3) is 11.5 Å². The smallest absolute Gasteiger partial charge is 0.271 e. The van der Waals surface area contributed by atoms with E-state index in [1.165, 1.54) is 21.9 Å². The van der Waals surface area contributed by atoms with E-state index in [1.54, 1.807) is 6.20 Å². The molecule has 1 atom stereocenters. The number of aromatic nitrogens is 2. The Balaban J connectivity index is 2.18. The zero-order chi connectivity index (χ0) is 17.4. The Kier molecular flexibility index (Phi) is 4.91. The summed E-state index contributed by atoms with van der Waals surface area (Å²) in [5, 5.41) is 12.9. The molecule has 2 N–H and O–H groups in total. The number of nitrogens with one attached hydrogen (secondary N) is 1. The highest BCUT2D eigenvalue weighted by Crippen LogP contribution is 2.25. The van der Waals surface area contributed by atoms with Crippen molar-refractivity contribution >= 4 is 22.2 Å². The second-order valence-electron chi connectivity index (χ2n) is 6.83. The summed E-state index contributed by atoms with van der Waals surface area (Å²) in [4.78, 5) is 30.4. The Labute approximate surface area is 139 Å². The SMILES string of the molecule is Cc1cn2c(=O)c(C(=O)NCC(C)(C)C(O)C(C)C)cnc2s1. The Bertz CT molecular complexity index is 776. The molecule has 2 aromatic rings. The maximum Gasteiger partial charge on any atom is 0.271 e. The van der Waals surface area contributed by atoms with Crippen LogP contribution in [0.15, 0.2) is 17.2 Å². The lowest BCUT2D eigenvalue weighted by atomic mass is 9.80. The Morgan fingerprint density at radius 1 is 1.48 bits per heavy atom. The highest BCUT2D eigenvalue weighted by atomic mass is 32.1. The minimum atomic E-state index is -0.552. The molecule has 0 spiro atoms. The molecular weight excluding hydrogens is 314 g/mol. The van der Waals surface area contributed by atoms with Crippen molar-refractivity contribution in [1.82, 2.24) is 14.7 Å². The summed E-state index contributed by atoms with van der Waals surface area (Å²) in [5.74, 6) is -0.385. The van der Waals surface area contributed by atoms with Crippen molar-refractivity contribution in [1.29, 1.82) is 0 Å². The van der Waals surface area contributed by atoms with E-state index in [2.05, 4.69) is 10.3 Å². The molecule has 1 amide bonds. The lowest BCUT2D eigenvalue weighted by Gasteiger charge is -2.33. The second-order valence-corrected chi connectivity index (χ2v) is 8.04. The van der Waals surface area contributed by atoms with E-state index in [1.807, 2.05) is 34.6 Å². The van der Waals surface area contributed by atoms with Crippen molar-refractivity contribution in [2.75, 3.05) is 6.54 Å². The molecule has 6 nitrogen and oxygen atoms in total. The molecule has 23 heavy (non-hydrogen) atoms. The number of carbonyl (C=O) groups is 1. The van der Waals surface area contributed by atoms with Crippen molar-refractivity contribution in [3.8, 4) is 0 Å². The largest absolute Gasteiger partial charge is 0.392 e. The molecule has 1 unspecified atom stereocenters. The quantitative estimate of drug-likeness (QED) is 0.872. The van der Waals surface area contributed by atoms with Crippen LogP contribution in [0.1, 0.15) is 42.9 Å². The predicted molar refractivity (Wildman–Crippen MR) is 91.0 cm³/mol. The van der Waals surface area contributed by atoms with Gasteiger partial charge < -0.3 is 10.4 Å². The van der Waals surface area contributed by atoms with Crippen LogP contribution in [0.2, 0.25) is 0 Å². The molecule has 0 saturated carbocycles. The lowest BCUT2D eigenvalue weighted by Crippen LogP contribution is -2.44. The van der Waals surface area contributed by atoms with Crippen LogP contribution in [-0.2, 0) is 0 Å². The van der Waals surface area contributed by atoms with Gasteiger partial charge in [0.05, 0.1) is 6.10 Å². The molecule has 2 aromatic heterocycles. The monoisotopic (exact) mass is 337 g/mol. The van der Waals surface area contributed by atoms with Gasteiger partial charge in [0.15, 0.2) is 4.96 Å². The van der Waals surface area contributed by atoms with Crippen LogP contribution >= 0.6 is 11.3 Å². The first kappa shape index (κ1) is 17.6. The molecular formula is C16H23N3O3S. The minimum Gasteiger partial charge on any atom is -0.392 e. The number of nitrogens with zero attached hydrogens (tertiary/aromatic N) is 2. The predicted octanol–water partition coefficient (Wildman–Crippen LogP) is 1.84. The Morgan fingerprint density at radius 2 is 2.13 bits per heavy atom. The summed E-state index contributed by atoms with van der Waals surface area (Å²) in [6.45, 7) is 9.78. The Morgan fingerprint density at radius 3 is 2.74 bits per heavy atom.